The van der Waals surface area contributed by atoms with Gasteiger partial charge < -0.3 is 0 Å². The van der Waals surface area contributed by atoms with Crippen LogP contribution in [-0.4, -0.2) is 5.78 Å². The normalized spacial score (nSPS) is 12.9. The van der Waals surface area contributed by atoms with E-state index in [0.29, 0.717) is 16.7 Å². The number of benzene rings is 1. The SMILES string of the molecule is N#CC(C#N)=C1CC(=O)c2cc(Br)c(Br)cc21. The Labute approximate surface area is 115 Å². The van der Waals surface area contributed by atoms with E-state index in [4.69, 9.17) is 10.5 Å². The Morgan fingerprint density at radius 1 is 1.12 bits per heavy atom. The molecule has 1 aromatic carbocycles. The third-order valence-corrected chi connectivity index (χ3v) is 4.39. The van der Waals surface area contributed by atoms with E-state index in [-0.39, 0.29) is 17.8 Å². The van der Waals surface area contributed by atoms with Crippen LogP contribution in [0.3, 0.4) is 0 Å². The highest BCUT2D eigenvalue weighted by atomic mass is 79.9. The number of fused-ring (bicyclic) bond motifs is 1. The molecule has 2 rings (SSSR count). The molecule has 0 heterocycles. The predicted molar refractivity (Wildman–Crippen MR) is 68.9 cm³/mol. The number of carbonyl (C=O) groups is 1. The van der Waals surface area contributed by atoms with Gasteiger partial charge in [-0.05, 0) is 55.1 Å². The van der Waals surface area contributed by atoms with Crippen LogP contribution in [0.5, 0.6) is 0 Å². The van der Waals surface area contributed by atoms with Gasteiger partial charge in [0.05, 0.1) is 0 Å². The average molecular weight is 352 g/mol. The number of ketones is 1. The van der Waals surface area contributed by atoms with Gasteiger partial charge in [-0.15, -0.1) is 0 Å². The molecule has 0 amide bonds. The summed E-state index contributed by atoms with van der Waals surface area (Å²) < 4.78 is 1.57. The number of rotatable bonds is 0. The zero-order chi connectivity index (χ0) is 12.6. The lowest BCUT2D eigenvalue weighted by molar-refractivity contribution is 0.100. The smallest absolute Gasteiger partial charge is 0.167 e. The van der Waals surface area contributed by atoms with Gasteiger partial charge in [-0.1, -0.05) is 0 Å². The van der Waals surface area contributed by atoms with E-state index in [9.17, 15) is 4.79 Å². The molecule has 0 radical (unpaired) electrons. The van der Waals surface area contributed by atoms with E-state index in [1.54, 1.807) is 12.1 Å². The maximum absolute atomic E-state index is 11.8. The summed E-state index contributed by atoms with van der Waals surface area (Å²) in [5, 5.41) is 17.7. The molecule has 17 heavy (non-hydrogen) atoms. The van der Waals surface area contributed by atoms with Crippen molar-refractivity contribution in [2.24, 2.45) is 0 Å². The fourth-order valence-corrected chi connectivity index (χ4v) is 2.45. The standard InChI is InChI=1S/C12H4Br2N2O/c13-10-1-8-7(6(4-15)5-16)3-12(17)9(8)2-11(10)14/h1-2H,3H2. The first kappa shape index (κ1) is 12.0. The lowest BCUT2D eigenvalue weighted by Crippen LogP contribution is -1.90. The van der Waals surface area contributed by atoms with E-state index >= 15 is 0 Å². The van der Waals surface area contributed by atoms with E-state index in [2.05, 4.69) is 31.9 Å². The minimum Gasteiger partial charge on any atom is -0.294 e. The molecule has 1 aliphatic rings. The van der Waals surface area contributed by atoms with Crippen LogP contribution in [0.2, 0.25) is 0 Å². The lowest BCUT2D eigenvalue weighted by atomic mass is 10.0. The Morgan fingerprint density at radius 3 is 2.18 bits per heavy atom. The number of Topliss-reactive ketones (excluding diaryl/α,β-unsaturated/α-hetero) is 1. The molecule has 0 atom stereocenters. The first-order valence-corrected chi connectivity index (χ1v) is 6.23. The van der Waals surface area contributed by atoms with Crippen LogP contribution in [0.25, 0.3) is 5.57 Å². The van der Waals surface area contributed by atoms with Crippen molar-refractivity contribution >= 4 is 43.2 Å². The monoisotopic (exact) mass is 350 g/mol. The zero-order valence-electron chi connectivity index (χ0n) is 8.42. The highest BCUT2D eigenvalue weighted by Crippen LogP contribution is 2.38. The third kappa shape index (κ3) is 1.93. The van der Waals surface area contributed by atoms with Gasteiger partial charge in [0.1, 0.15) is 17.7 Å². The van der Waals surface area contributed by atoms with Crippen molar-refractivity contribution in [1.82, 2.24) is 0 Å². The van der Waals surface area contributed by atoms with Crippen molar-refractivity contribution in [1.29, 1.82) is 10.5 Å². The molecule has 0 saturated carbocycles. The van der Waals surface area contributed by atoms with E-state index in [1.807, 2.05) is 12.1 Å². The van der Waals surface area contributed by atoms with Crippen molar-refractivity contribution in [3.63, 3.8) is 0 Å². The summed E-state index contributed by atoms with van der Waals surface area (Å²) in [5.74, 6) is -0.0637. The van der Waals surface area contributed by atoms with Crippen LogP contribution in [0, 0.1) is 22.7 Å². The summed E-state index contributed by atoms with van der Waals surface area (Å²) in [6.07, 6.45) is 0.120. The second-order valence-corrected chi connectivity index (χ2v) is 5.20. The molecule has 0 fully saturated rings. The zero-order valence-corrected chi connectivity index (χ0v) is 11.6. The van der Waals surface area contributed by atoms with Crippen LogP contribution in [0.15, 0.2) is 26.7 Å². The molecular weight excluding hydrogens is 348 g/mol. The molecule has 0 N–H and O–H groups in total. The Kier molecular flexibility index (Phi) is 3.15. The van der Waals surface area contributed by atoms with Gasteiger partial charge in [0, 0.05) is 20.9 Å². The number of hydrogen-bond acceptors (Lipinski definition) is 3. The van der Waals surface area contributed by atoms with Crippen molar-refractivity contribution < 1.29 is 4.79 Å². The van der Waals surface area contributed by atoms with Crippen LogP contribution in [-0.2, 0) is 0 Å². The Morgan fingerprint density at radius 2 is 1.65 bits per heavy atom. The number of nitriles is 2. The second kappa shape index (κ2) is 4.44. The van der Waals surface area contributed by atoms with Gasteiger partial charge in [-0.25, -0.2) is 0 Å². The summed E-state index contributed by atoms with van der Waals surface area (Å²) in [4.78, 5) is 11.8. The van der Waals surface area contributed by atoms with E-state index in [1.165, 1.54) is 0 Å². The largest absolute Gasteiger partial charge is 0.294 e. The predicted octanol–water partition coefficient (Wildman–Crippen LogP) is 3.60. The minimum atomic E-state index is -0.0637. The summed E-state index contributed by atoms with van der Waals surface area (Å²) in [6.45, 7) is 0. The summed E-state index contributed by atoms with van der Waals surface area (Å²) in [6, 6.07) is 7.12. The van der Waals surface area contributed by atoms with Crippen LogP contribution >= 0.6 is 31.9 Å². The number of nitrogens with zero attached hydrogens (tertiary/aromatic N) is 2. The number of allylic oxidation sites excluding steroid dienone is 2. The molecule has 5 heteroatoms. The fourth-order valence-electron chi connectivity index (χ4n) is 1.76. The topological polar surface area (TPSA) is 64.7 Å². The Bertz CT molecular complexity index is 632. The van der Waals surface area contributed by atoms with E-state index in [0.717, 1.165) is 8.95 Å². The molecule has 0 bridgehead atoms. The van der Waals surface area contributed by atoms with Gasteiger partial charge in [0.25, 0.3) is 0 Å². The highest BCUT2D eigenvalue weighted by molar-refractivity contribution is 9.13. The molecule has 0 spiro atoms. The van der Waals surface area contributed by atoms with Gasteiger partial charge in [0.15, 0.2) is 5.78 Å². The molecule has 0 aromatic heterocycles. The van der Waals surface area contributed by atoms with E-state index < -0.39 is 0 Å². The van der Waals surface area contributed by atoms with Gasteiger partial charge in [0.2, 0.25) is 0 Å². The average Bonchev–Trinajstić information content (AvgIpc) is 2.60. The van der Waals surface area contributed by atoms with Gasteiger partial charge in [-0.2, -0.15) is 10.5 Å². The Hall–Kier alpha value is -1.43. The first-order valence-electron chi connectivity index (χ1n) is 4.64. The second-order valence-electron chi connectivity index (χ2n) is 3.49. The van der Waals surface area contributed by atoms with Gasteiger partial charge >= 0.3 is 0 Å². The molecule has 3 nitrogen and oxygen atoms in total. The summed E-state index contributed by atoms with van der Waals surface area (Å²) >= 11 is 6.66. The molecule has 1 aliphatic carbocycles. The molecule has 0 aliphatic heterocycles. The fraction of sp³-hybridized carbons (Fsp3) is 0.0833. The highest BCUT2D eigenvalue weighted by Gasteiger charge is 2.28. The van der Waals surface area contributed by atoms with Crippen LogP contribution in [0.1, 0.15) is 22.3 Å². The van der Waals surface area contributed by atoms with Crippen LogP contribution in [0.4, 0.5) is 0 Å². The van der Waals surface area contributed by atoms with Gasteiger partial charge in [-0.3, -0.25) is 4.79 Å². The maximum atomic E-state index is 11.8. The molecule has 0 saturated heterocycles. The molecule has 0 unspecified atom stereocenters. The molecule has 82 valence electrons. The minimum absolute atomic E-state index is 0.00585. The number of carbonyl (C=O) groups excluding carboxylic acids is 1. The number of halogens is 2. The first-order chi connectivity index (χ1) is 8.08. The third-order valence-electron chi connectivity index (χ3n) is 2.55. The molecule has 1 aromatic rings. The van der Waals surface area contributed by atoms with Crippen molar-refractivity contribution in [3.8, 4) is 12.1 Å². The van der Waals surface area contributed by atoms with Crippen molar-refractivity contribution in [3.05, 3.63) is 37.8 Å². The molecular formula is C12H4Br2N2O. The summed E-state index contributed by atoms with van der Waals surface area (Å²) in [7, 11) is 0. The van der Waals surface area contributed by atoms with Crippen molar-refractivity contribution in [2.75, 3.05) is 0 Å². The van der Waals surface area contributed by atoms with Crippen molar-refractivity contribution in [2.45, 2.75) is 6.42 Å². The lowest BCUT2D eigenvalue weighted by Gasteiger charge is -2.02. The van der Waals surface area contributed by atoms with Crippen LogP contribution < -0.4 is 0 Å². The quantitative estimate of drug-likeness (QED) is 0.671. The maximum Gasteiger partial charge on any atom is 0.167 e. The number of hydrogen-bond donors (Lipinski definition) is 0. The summed E-state index contributed by atoms with van der Waals surface area (Å²) in [5.41, 5.74) is 1.75. The Balaban J connectivity index is 2.77.